The number of anilines is 1. The standard InChI is InChI=1S/C10H12N4/c1-2-8-3-4-10(12-7-8)14-6-5-9(11)13-14/h3-7H,2H2,1H3,(H2,11,13). The molecule has 0 aliphatic carbocycles. The molecule has 0 aliphatic rings. The Hall–Kier alpha value is -1.84. The summed E-state index contributed by atoms with van der Waals surface area (Å²) in [6.45, 7) is 2.10. The zero-order valence-corrected chi connectivity index (χ0v) is 8.01. The van der Waals surface area contributed by atoms with Crippen LogP contribution >= 0.6 is 0 Å². The lowest BCUT2D eigenvalue weighted by Crippen LogP contribution is -1.99. The van der Waals surface area contributed by atoms with Crippen LogP contribution in [0.25, 0.3) is 5.82 Å². The van der Waals surface area contributed by atoms with E-state index in [2.05, 4.69) is 17.0 Å². The van der Waals surface area contributed by atoms with Gasteiger partial charge in [0.2, 0.25) is 0 Å². The van der Waals surface area contributed by atoms with Gasteiger partial charge in [-0.05, 0) is 18.1 Å². The molecule has 2 aromatic rings. The zero-order valence-electron chi connectivity index (χ0n) is 8.01. The van der Waals surface area contributed by atoms with Gasteiger partial charge in [-0.3, -0.25) is 0 Å². The quantitative estimate of drug-likeness (QED) is 0.775. The molecule has 0 saturated carbocycles. The Balaban J connectivity index is 2.33. The molecule has 0 fully saturated rings. The minimum atomic E-state index is 0.506. The molecule has 0 radical (unpaired) electrons. The average Bonchev–Trinajstić information content (AvgIpc) is 2.65. The number of aryl methyl sites for hydroxylation is 1. The topological polar surface area (TPSA) is 56.7 Å². The number of pyridine rings is 1. The summed E-state index contributed by atoms with van der Waals surface area (Å²) in [5.74, 6) is 1.30. The lowest BCUT2D eigenvalue weighted by Gasteiger charge is -2.00. The first-order valence-electron chi connectivity index (χ1n) is 4.56. The van der Waals surface area contributed by atoms with Crippen molar-refractivity contribution in [2.45, 2.75) is 13.3 Å². The molecule has 0 bridgehead atoms. The molecular weight excluding hydrogens is 176 g/mol. The first kappa shape index (κ1) is 8.74. The van der Waals surface area contributed by atoms with E-state index < -0.39 is 0 Å². The average molecular weight is 188 g/mol. The molecule has 2 rings (SSSR count). The maximum Gasteiger partial charge on any atom is 0.153 e. The van der Waals surface area contributed by atoms with E-state index >= 15 is 0 Å². The van der Waals surface area contributed by atoms with Crippen LogP contribution < -0.4 is 5.73 Å². The van der Waals surface area contributed by atoms with Gasteiger partial charge in [0.05, 0.1) is 0 Å². The second kappa shape index (κ2) is 3.49. The molecule has 0 aliphatic heterocycles. The number of nitrogens with two attached hydrogens (primary N) is 1. The van der Waals surface area contributed by atoms with E-state index in [0.717, 1.165) is 12.2 Å². The van der Waals surface area contributed by atoms with Crippen molar-refractivity contribution in [3.8, 4) is 5.82 Å². The molecule has 0 spiro atoms. The van der Waals surface area contributed by atoms with Gasteiger partial charge in [0.25, 0.3) is 0 Å². The first-order valence-corrected chi connectivity index (χ1v) is 4.56. The van der Waals surface area contributed by atoms with E-state index in [0.29, 0.717) is 5.82 Å². The highest BCUT2D eigenvalue weighted by Crippen LogP contribution is 2.06. The van der Waals surface area contributed by atoms with Crippen LogP contribution in [0.15, 0.2) is 30.6 Å². The number of nitrogen functional groups attached to an aromatic ring is 1. The van der Waals surface area contributed by atoms with Gasteiger partial charge >= 0.3 is 0 Å². The van der Waals surface area contributed by atoms with Crippen LogP contribution in [-0.4, -0.2) is 14.8 Å². The number of aromatic nitrogens is 3. The molecule has 0 aromatic carbocycles. The van der Waals surface area contributed by atoms with Gasteiger partial charge in [-0.25, -0.2) is 9.67 Å². The fraction of sp³-hybridized carbons (Fsp3) is 0.200. The van der Waals surface area contributed by atoms with Crippen molar-refractivity contribution >= 4 is 5.82 Å². The molecule has 72 valence electrons. The zero-order chi connectivity index (χ0) is 9.97. The van der Waals surface area contributed by atoms with E-state index in [1.54, 1.807) is 16.9 Å². The van der Waals surface area contributed by atoms with E-state index in [4.69, 9.17) is 5.73 Å². The van der Waals surface area contributed by atoms with Crippen molar-refractivity contribution in [2.24, 2.45) is 0 Å². The lowest BCUT2D eigenvalue weighted by molar-refractivity contribution is 0.848. The first-order chi connectivity index (χ1) is 6.79. The number of hydrogen-bond acceptors (Lipinski definition) is 3. The second-order valence-corrected chi connectivity index (χ2v) is 3.06. The van der Waals surface area contributed by atoms with Gasteiger partial charge < -0.3 is 5.73 Å². The molecule has 14 heavy (non-hydrogen) atoms. The summed E-state index contributed by atoms with van der Waals surface area (Å²) in [6.07, 6.45) is 4.64. The monoisotopic (exact) mass is 188 g/mol. The van der Waals surface area contributed by atoms with Crippen molar-refractivity contribution in [1.29, 1.82) is 0 Å². The minimum absolute atomic E-state index is 0.506. The summed E-state index contributed by atoms with van der Waals surface area (Å²) in [4.78, 5) is 4.28. The van der Waals surface area contributed by atoms with Gasteiger partial charge in [-0.2, -0.15) is 0 Å². The summed E-state index contributed by atoms with van der Waals surface area (Å²) in [5, 5.41) is 4.07. The largest absolute Gasteiger partial charge is 0.382 e. The smallest absolute Gasteiger partial charge is 0.153 e. The van der Waals surface area contributed by atoms with Crippen LogP contribution in [0.1, 0.15) is 12.5 Å². The van der Waals surface area contributed by atoms with Crippen molar-refractivity contribution in [1.82, 2.24) is 14.8 Å². The lowest BCUT2D eigenvalue weighted by atomic mass is 10.2. The van der Waals surface area contributed by atoms with Gasteiger partial charge in [0.1, 0.15) is 5.82 Å². The van der Waals surface area contributed by atoms with E-state index in [-0.39, 0.29) is 0 Å². The normalized spacial score (nSPS) is 10.4. The number of hydrogen-bond donors (Lipinski definition) is 1. The fourth-order valence-corrected chi connectivity index (χ4v) is 1.23. The second-order valence-electron chi connectivity index (χ2n) is 3.06. The molecule has 4 heteroatoms. The molecule has 2 heterocycles. The Bertz CT molecular complexity index is 416. The van der Waals surface area contributed by atoms with Crippen LogP contribution in [-0.2, 0) is 6.42 Å². The molecule has 4 nitrogen and oxygen atoms in total. The van der Waals surface area contributed by atoms with Crippen LogP contribution in [0.2, 0.25) is 0 Å². The maximum atomic E-state index is 5.51. The predicted molar refractivity (Wildman–Crippen MR) is 55.1 cm³/mol. The van der Waals surface area contributed by atoms with Gasteiger partial charge in [0.15, 0.2) is 5.82 Å². The summed E-state index contributed by atoms with van der Waals surface area (Å²) < 4.78 is 1.66. The Morgan fingerprint density at radius 1 is 1.36 bits per heavy atom. The van der Waals surface area contributed by atoms with Crippen molar-refractivity contribution in [2.75, 3.05) is 5.73 Å². The Kier molecular flexibility index (Phi) is 2.18. The van der Waals surface area contributed by atoms with Crippen molar-refractivity contribution in [3.63, 3.8) is 0 Å². The number of nitrogens with zero attached hydrogens (tertiary/aromatic N) is 3. The van der Waals surface area contributed by atoms with E-state index in [9.17, 15) is 0 Å². The highest BCUT2D eigenvalue weighted by molar-refractivity contribution is 5.30. The van der Waals surface area contributed by atoms with E-state index in [1.165, 1.54) is 5.56 Å². The van der Waals surface area contributed by atoms with Gasteiger partial charge in [0, 0.05) is 18.5 Å². The Morgan fingerprint density at radius 3 is 2.71 bits per heavy atom. The third kappa shape index (κ3) is 1.59. The Morgan fingerprint density at radius 2 is 2.21 bits per heavy atom. The van der Waals surface area contributed by atoms with Crippen molar-refractivity contribution < 1.29 is 0 Å². The molecule has 0 amide bonds. The van der Waals surface area contributed by atoms with Crippen LogP contribution in [0.3, 0.4) is 0 Å². The SMILES string of the molecule is CCc1ccc(-n2ccc(N)n2)nc1. The molecule has 2 N–H and O–H groups in total. The Labute approximate surface area is 82.4 Å². The highest BCUT2D eigenvalue weighted by atomic mass is 15.3. The summed E-state index contributed by atoms with van der Waals surface area (Å²) in [5.41, 5.74) is 6.73. The van der Waals surface area contributed by atoms with Gasteiger partial charge in [-0.15, -0.1) is 5.10 Å². The van der Waals surface area contributed by atoms with Crippen LogP contribution in [0.5, 0.6) is 0 Å². The van der Waals surface area contributed by atoms with Crippen LogP contribution in [0.4, 0.5) is 5.82 Å². The van der Waals surface area contributed by atoms with Gasteiger partial charge in [-0.1, -0.05) is 13.0 Å². The highest BCUT2D eigenvalue weighted by Gasteiger charge is 1.99. The fourth-order valence-electron chi connectivity index (χ4n) is 1.23. The third-order valence-electron chi connectivity index (χ3n) is 2.06. The summed E-state index contributed by atoms with van der Waals surface area (Å²) in [6, 6.07) is 5.72. The summed E-state index contributed by atoms with van der Waals surface area (Å²) in [7, 11) is 0. The molecule has 0 atom stereocenters. The van der Waals surface area contributed by atoms with Crippen LogP contribution in [0, 0.1) is 0 Å². The molecule has 0 unspecified atom stereocenters. The molecular formula is C10H12N4. The minimum Gasteiger partial charge on any atom is -0.382 e. The molecule has 2 aromatic heterocycles. The van der Waals surface area contributed by atoms with E-state index in [1.807, 2.05) is 18.3 Å². The van der Waals surface area contributed by atoms with Crippen molar-refractivity contribution in [3.05, 3.63) is 36.2 Å². The number of rotatable bonds is 2. The molecule has 0 saturated heterocycles. The maximum absolute atomic E-state index is 5.51. The third-order valence-corrected chi connectivity index (χ3v) is 2.06. The predicted octanol–water partition coefficient (Wildman–Crippen LogP) is 1.41. The summed E-state index contributed by atoms with van der Waals surface area (Å²) >= 11 is 0.